The Kier molecular flexibility index (Phi) is 6.19. The summed E-state index contributed by atoms with van der Waals surface area (Å²) in [5.41, 5.74) is 0.216. The average molecular weight is 333 g/mol. The van der Waals surface area contributed by atoms with Crippen LogP contribution in [0.2, 0.25) is 0 Å². The van der Waals surface area contributed by atoms with Gasteiger partial charge in [-0.25, -0.2) is 8.42 Å². The highest BCUT2D eigenvalue weighted by molar-refractivity contribution is 7.90. The lowest BCUT2D eigenvalue weighted by molar-refractivity contribution is 0.0912. The predicted octanol–water partition coefficient (Wildman–Crippen LogP) is 1.24. The van der Waals surface area contributed by atoms with Crippen LogP contribution in [0, 0.1) is 5.92 Å². The summed E-state index contributed by atoms with van der Waals surface area (Å²) in [4.78, 5) is 12.4. The highest BCUT2D eigenvalue weighted by atomic mass is 35.5. The third-order valence-corrected chi connectivity index (χ3v) is 4.83. The molecule has 2 unspecified atom stereocenters. The van der Waals surface area contributed by atoms with Gasteiger partial charge in [0.2, 0.25) is 0 Å². The van der Waals surface area contributed by atoms with E-state index in [4.69, 9.17) is 0 Å². The maximum atomic E-state index is 12.3. The van der Waals surface area contributed by atoms with Gasteiger partial charge in [0, 0.05) is 18.8 Å². The molecule has 0 aliphatic carbocycles. The van der Waals surface area contributed by atoms with E-state index < -0.39 is 9.84 Å². The van der Waals surface area contributed by atoms with Crippen molar-refractivity contribution in [2.24, 2.45) is 5.92 Å². The molecule has 5 nitrogen and oxygen atoms in total. The minimum Gasteiger partial charge on any atom is -0.348 e. The van der Waals surface area contributed by atoms with Crippen molar-refractivity contribution in [1.82, 2.24) is 10.6 Å². The Bertz CT molecular complexity index is 604. The van der Waals surface area contributed by atoms with Gasteiger partial charge < -0.3 is 10.6 Å². The molecule has 1 aliphatic heterocycles. The van der Waals surface area contributed by atoms with Crippen molar-refractivity contribution in [3.8, 4) is 0 Å². The molecule has 0 saturated carbocycles. The fraction of sp³-hybridized carbons (Fsp3) is 0.500. The van der Waals surface area contributed by atoms with Crippen molar-refractivity contribution in [2.75, 3.05) is 19.3 Å². The first-order chi connectivity index (χ1) is 9.39. The van der Waals surface area contributed by atoms with Crippen molar-refractivity contribution in [3.05, 3.63) is 29.8 Å². The first-order valence-corrected chi connectivity index (χ1v) is 8.59. The standard InChI is InChI=1S/C14H20N2O3S.ClH/c1-10-7-8-15-9-12(10)16-14(17)11-5-3-4-6-13(11)20(2,18)19;/h3-6,10,12,15H,7-9H2,1-2H3,(H,16,17);1H. The molecule has 0 aromatic heterocycles. The third kappa shape index (κ3) is 4.43. The molecule has 1 aromatic rings. The summed E-state index contributed by atoms with van der Waals surface area (Å²) < 4.78 is 23.4. The molecule has 118 valence electrons. The lowest BCUT2D eigenvalue weighted by Crippen LogP contribution is -2.50. The summed E-state index contributed by atoms with van der Waals surface area (Å²) in [6.45, 7) is 3.76. The monoisotopic (exact) mass is 332 g/mol. The van der Waals surface area contributed by atoms with Gasteiger partial charge in [0.25, 0.3) is 5.91 Å². The summed E-state index contributed by atoms with van der Waals surface area (Å²) in [5, 5.41) is 6.17. The van der Waals surface area contributed by atoms with Crippen LogP contribution in [0.15, 0.2) is 29.2 Å². The molecule has 2 rings (SSSR count). The molecule has 0 radical (unpaired) electrons. The van der Waals surface area contributed by atoms with Gasteiger partial charge in [-0.1, -0.05) is 19.1 Å². The topological polar surface area (TPSA) is 75.3 Å². The van der Waals surface area contributed by atoms with Crippen LogP contribution in [0.3, 0.4) is 0 Å². The van der Waals surface area contributed by atoms with Gasteiger partial charge in [-0.2, -0.15) is 0 Å². The molecule has 1 aliphatic rings. The second kappa shape index (κ2) is 7.24. The highest BCUT2D eigenvalue weighted by Gasteiger charge is 2.25. The number of halogens is 1. The van der Waals surface area contributed by atoms with E-state index in [0.29, 0.717) is 12.5 Å². The van der Waals surface area contributed by atoms with Crippen LogP contribution in [0.4, 0.5) is 0 Å². The maximum absolute atomic E-state index is 12.3. The molecular formula is C14H21ClN2O3S. The molecule has 7 heteroatoms. The van der Waals surface area contributed by atoms with Crippen molar-refractivity contribution >= 4 is 28.2 Å². The number of carbonyl (C=O) groups is 1. The van der Waals surface area contributed by atoms with Crippen LogP contribution in [-0.4, -0.2) is 39.7 Å². The number of piperidine rings is 1. The Labute approximate surface area is 131 Å². The minimum atomic E-state index is -3.41. The van der Waals surface area contributed by atoms with E-state index in [9.17, 15) is 13.2 Å². The van der Waals surface area contributed by atoms with Gasteiger partial charge in [-0.05, 0) is 31.0 Å². The first-order valence-electron chi connectivity index (χ1n) is 6.70. The van der Waals surface area contributed by atoms with Gasteiger partial charge in [0.05, 0.1) is 10.5 Å². The van der Waals surface area contributed by atoms with Gasteiger partial charge >= 0.3 is 0 Å². The summed E-state index contributed by atoms with van der Waals surface area (Å²) in [6, 6.07) is 6.34. The fourth-order valence-electron chi connectivity index (χ4n) is 2.41. The van der Waals surface area contributed by atoms with Crippen molar-refractivity contribution in [1.29, 1.82) is 0 Å². The zero-order valence-corrected chi connectivity index (χ0v) is 13.8. The van der Waals surface area contributed by atoms with Crippen LogP contribution in [0.5, 0.6) is 0 Å². The Morgan fingerprint density at radius 2 is 2.00 bits per heavy atom. The number of hydrogen-bond donors (Lipinski definition) is 2. The van der Waals surface area contributed by atoms with Gasteiger partial charge in [0.15, 0.2) is 9.84 Å². The molecule has 2 atom stereocenters. The van der Waals surface area contributed by atoms with Crippen LogP contribution < -0.4 is 10.6 Å². The molecule has 1 saturated heterocycles. The van der Waals surface area contributed by atoms with E-state index in [1.54, 1.807) is 18.2 Å². The van der Waals surface area contributed by atoms with E-state index in [0.717, 1.165) is 19.2 Å². The van der Waals surface area contributed by atoms with Crippen molar-refractivity contribution in [3.63, 3.8) is 0 Å². The molecule has 0 bridgehead atoms. The smallest absolute Gasteiger partial charge is 0.252 e. The van der Waals surface area contributed by atoms with Crippen LogP contribution in [0.1, 0.15) is 23.7 Å². The second-order valence-electron chi connectivity index (χ2n) is 5.32. The number of benzene rings is 1. The molecule has 2 N–H and O–H groups in total. The molecule has 1 amide bonds. The molecule has 0 spiro atoms. The second-order valence-corrected chi connectivity index (χ2v) is 7.30. The Balaban J connectivity index is 0.00000220. The molecular weight excluding hydrogens is 312 g/mol. The number of sulfone groups is 1. The van der Waals surface area contributed by atoms with Crippen LogP contribution >= 0.6 is 12.4 Å². The summed E-state index contributed by atoms with van der Waals surface area (Å²) in [7, 11) is -3.41. The van der Waals surface area contributed by atoms with E-state index in [2.05, 4.69) is 17.6 Å². The quantitative estimate of drug-likeness (QED) is 0.873. The minimum absolute atomic E-state index is 0. The van der Waals surface area contributed by atoms with Crippen molar-refractivity contribution in [2.45, 2.75) is 24.3 Å². The van der Waals surface area contributed by atoms with Gasteiger partial charge in [-0.15, -0.1) is 12.4 Å². The third-order valence-electron chi connectivity index (χ3n) is 3.68. The Morgan fingerprint density at radius 1 is 1.33 bits per heavy atom. The molecule has 21 heavy (non-hydrogen) atoms. The fourth-order valence-corrected chi connectivity index (χ4v) is 3.29. The van der Waals surface area contributed by atoms with E-state index in [1.165, 1.54) is 6.07 Å². The average Bonchev–Trinajstić information content (AvgIpc) is 2.40. The first kappa shape index (κ1) is 17.9. The number of hydrogen-bond acceptors (Lipinski definition) is 4. The number of nitrogens with one attached hydrogen (secondary N) is 2. The van der Waals surface area contributed by atoms with Crippen LogP contribution in [-0.2, 0) is 9.84 Å². The lowest BCUT2D eigenvalue weighted by atomic mass is 9.94. The molecule has 1 heterocycles. The number of rotatable bonds is 3. The zero-order chi connectivity index (χ0) is 14.8. The van der Waals surface area contributed by atoms with E-state index >= 15 is 0 Å². The summed E-state index contributed by atoms with van der Waals surface area (Å²) in [6.07, 6.45) is 2.11. The molecule has 1 fully saturated rings. The summed E-state index contributed by atoms with van der Waals surface area (Å²) >= 11 is 0. The summed E-state index contributed by atoms with van der Waals surface area (Å²) in [5.74, 6) is 0.0529. The Hall–Kier alpha value is -1.11. The van der Waals surface area contributed by atoms with Crippen LogP contribution in [0.25, 0.3) is 0 Å². The number of carbonyl (C=O) groups excluding carboxylic acids is 1. The SMILES string of the molecule is CC1CCNCC1NC(=O)c1ccccc1S(C)(=O)=O.Cl. The van der Waals surface area contributed by atoms with E-state index in [-0.39, 0.29) is 34.8 Å². The predicted molar refractivity (Wildman–Crippen MR) is 84.7 cm³/mol. The highest BCUT2D eigenvalue weighted by Crippen LogP contribution is 2.17. The Morgan fingerprint density at radius 3 is 2.62 bits per heavy atom. The van der Waals surface area contributed by atoms with Gasteiger partial charge in [-0.3, -0.25) is 4.79 Å². The number of amides is 1. The van der Waals surface area contributed by atoms with Gasteiger partial charge in [0.1, 0.15) is 0 Å². The lowest BCUT2D eigenvalue weighted by Gasteiger charge is -2.30. The largest absolute Gasteiger partial charge is 0.348 e. The maximum Gasteiger partial charge on any atom is 0.252 e. The zero-order valence-electron chi connectivity index (χ0n) is 12.1. The molecule has 1 aromatic carbocycles. The normalized spacial score (nSPS) is 22.2. The van der Waals surface area contributed by atoms with Crippen molar-refractivity contribution < 1.29 is 13.2 Å². The van der Waals surface area contributed by atoms with E-state index in [1.807, 2.05) is 0 Å².